The van der Waals surface area contributed by atoms with Crippen molar-refractivity contribution in [1.82, 2.24) is 0 Å². The summed E-state index contributed by atoms with van der Waals surface area (Å²) in [6.45, 7) is 6.95. The Morgan fingerprint density at radius 2 is 1.08 bits per heavy atom. The standard InChI is InChI=1S/C45H37NO2P2/c1-45(2,3)41-30-27-33-17-14-24-40(49(34-18-6-4-7-19-34)35-20-8-5-9-21-35)44(33)46(41)50-47-38-28-25-31-15-10-12-22-36(31)42(38)43-37-23-13-11-16-32(37)26-29-39(43)48-50/h4-30,41H,1-3H3/t41-/m1/s1. The van der Waals surface area contributed by atoms with Crippen molar-refractivity contribution in [3.63, 3.8) is 0 Å². The molecular formula is C45H37NO2P2. The molecule has 0 amide bonds. The molecule has 9 rings (SSSR count). The van der Waals surface area contributed by atoms with Crippen LogP contribution in [0.1, 0.15) is 26.3 Å². The molecule has 0 saturated carbocycles. The van der Waals surface area contributed by atoms with Crippen molar-refractivity contribution < 1.29 is 8.39 Å². The van der Waals surface area contributed by atoms with Gasteiger partial charge in [-0.25, -0.2) is 0 Å². The Morgan fingerprint density at radius 1 is 0.560 bits per heavy atom. The quantitative estimate of drug-likeness (QED) is 0.173. The second-order valence-corrected chi connectivity index (χ2v) is 17.4. The summed E-state index contributed by atoms with van der Waals surface area (Å²) in [5.74, 6) is 0. The van der Waals surface area contributed by atoms with E-state index < -0.39 is 16.1 Å². The number of hydrogen-bond acceptors (Lipinski definition) is 3. The first-order valence-electron chi connectivity index (χ1n) is 17.2. The number of nitrogens with zero attached hydrogens (tertiary/aromatic N) is 1. The van der Waals surface area contributed by atoms with Crippen molar-refractivity contribution in [2.45, 2.75) is 26.8 Å². The van der Waals surface area contributed by atoms with Gasteiger partial charge in [0.2, 0.25) is 0 Å². The van der Waals surface area contributed by atoms with Crippen molar-refractivity contribution in [2.24, 2.45) is 5.41 Å². The summed E-state index contributed by atoms with van der Waals surface area (Å²) in [6, 6.07) is 54.6. The van der Waals surface area contributed by atoms with E-state index in [4.69, 9.17) is 8.39 Å². The van der Waals surface area contributed by atoms with Gasteiger partial charge >= 0.3 is 8.16 Å². The van der Waals surface area contributed by atoms with E-state index >= 15 is 0 Å². The average molecular weight is 686 g/mol. The van der Waals surface area contributed by atoms with Gasteiger partial charge in [0.25, 0.3) is 0 Å². The zero-order valence-corrected chi connectivity index (χ0v) is 30.1. The summed E-state index contributed by atoms with van der Waals surface area (Å²) < 4.78 is 17.1. The predicted octanol–water partition coefficient (Wildman–Crippen LogP) is 12.1. The molecule has 0 unspecified atom stereocenters. The molecule has 1 aliphatic heterocycles. The number of hydrogen-bond donors (Lipinski definition) is 0. The lowest BCUT2D eigenvalue weighted by Crippen LogP contribution is -2.42. The highest BCUT2D eigenvalue weighted by molar-refractivity contribution is 7.80. The van der Waals surface area contributed by atoms with E-state index in [1.165, 1.54) is 37.9 Å². The maximum absolute atomic E-state index is 7.31. The minimum Gasteiger partial charge on any atom is -0.404 e. The largest absolute Gasteiger partial charge is 0.404 e. The number of anilines is 1. The average Bonchev–Trinajstić information content (AvgIpc) is 3.32. The van der Waals surface area contributed by atoms with Gasteiger partial charge in [0.05, 0.1) is 11.7 Å². The van der Waals surface area contributed by atoms with Crippen LogP contribution in [0.5, 0.6) is 0 Å². The molecule has 1 aliphatic rings. The molecule has 8 aromatic rings. The van der Waals surface area contributed by atoms with Crippen molar-refractivity contribution in [3.8, 4) is 0 Å². The molecule has 2 heterocycles. The lowest BCUT2D eigenvalue weighted by molar-refractivity contribution is 0.366. The molecule has 244 valence electrons. The Morgan fingerprint density at radius 3 is 1.62 bits per heavy atom. The SMILES string of the molecule is CC(C)(C)[C@H]1C=Cc2cccc(P(c3ccccc3)c3ccccc3)c2N1p1oc2ccc3ccccc3c2c2c(ccc3ccccc32)o1. The maximum Gasteiger partial charge on any atom is 0.342 e. The first-order valence-corrected chi connectivity index (χ1v) is 19.6. The van der Waals surface area contributed by atoms with Gasteiger partial charge < -0.3 is 8.39 Å². The highest BCUT2D eigenvalue weighted by atomic mass is 31.1. The van der Waals surface area contributed by atoms with Gasteiger partial charge in [0, 0.05) is 16.1 Å². The third-order valence-corrected chi connectivity index (χ3v) is 13.7. The number of rotatable bonds is 4. The van der Waals surface area contributed by atoms with E-state index in [0.717, 1.165) is 32.7 Å². The molecule has 1 aromatic heterocycles. The normalized spacial score (nSPS) is 14.6. The van der Waals surface area contributed by atoms with Crippen LogP contribution in [-0.4, -0.2) is 6.04 Å². The van der Waals surface area contributed by atoms with Gasteiger partial charge in [-0.05, 0) is 63.2 Å². The molecule has 7 aromatic carbocycles. The molecule has 0 N–H and O–H groups in total. The van der Waals surface area contributed by atoms with Crippen molar-refractivity contribution in [3.05, 3.63) is 163 Å². The zero-order chi connectivity index (χ0) is 33.8. The van der Waals surface area contributed by atoms with E-state index in [2.05, 4.69) is 189 Å². The molecular weight excluding hydrogens is 648 g/mol. The molecule has 5 heteroatoms. The fourth-order valence-corrected chi connectivity index (χ4v) is 11.8. The first kappa shape index (κ1) is 30.9. The van der Waals surface area contributed by atoms with Gasteiger partial charge in [0.15, 0.2) is 0 Å². The summed E-state index contributed by atoms with van der Waals surface area (Å²) >= 11 is 0. The predicted molar refractivity (Wildman–Crippen MR) is 217 cm³/mol. The van der Waals surface area contributed by atoms with Crippen molar-refractivity contribution >= 4 is 87.2 Å². The summed E-state index contributed by atoms with van der Waals surface area (Å²) in [6.07, 6.45) is 4.66. The van der Waals surface area contributed by atoms with E-state index in [9.17, 15) is 0 Å². The third-order valence-electron chi connectivity index (χ3n) is 9.71. The van der Waals surface area contributed by atoms with Gasteiger partial charge in [-0.15, -0.1) is 0 Å². The second kappa shape index (κ2) is 12.4. The van der Waals surface area contributed by atoms with Gasteiger partial charge in [0.1, 0.15) is 11.2 Å². The van der Waals surface area contributed by atoms with Crippen LogP contribution in [0.25, 0.3) is 49.6 Å². The van der Waals surface area contributed by atoms with Crippen LogP contribution in [0.4, 0.5) is 5.69 Å². The first-order chi connectivity index (χ1) is 24.5. The number of fused-ring (bicyclic) bond motifs is 8. The smallest absolute Gasteiger partial charge is 0.342 e. The van der Waals surface area contributed by atoms with Crippen LogP contribution in [0, 0.1) is 5.41 Å². The Labute approximate surface area is 294 Å². The van der Waals surface area contributed by atoms with Gasteiger partial charge in [-0.1, -0.05) is 172 Å². The van der Waals surface area contributed by atoms with Gasteiger partial charge in [-0.3, -0.25) is 4.67 Å². The minimum absolute atomic E-state index is 0.0107. The zero-order valence-electron chi connectivity index (χ0n) is 28.3. The van der Waals surface area contributed by atoms with Crippen LogP contribution in [0.15, 0.2) is 166 Å². The highest BCUT2D eigenvalue weighted by Crippen LogP contribution is 2.52. The second-order valence-electron chi connectivity index (χ2n) is 14.0. The van der Waals surface area contributed by atoms with Crippen LogP contribution in [0.3, 0.4) is 0 Å². The van der Waals surface area contributed by atoms with E-state index in [1.54, 1.807) is 0 Å². The topological polar surface area (TPSA) is 29.5 Å². The highest BCUT2D eigenvalue weighted by Gasteiger charge is 2.38. The summed E-state index contributed by atoms with van der Waals surface area (Å²) in [7, 11) is -2.58. The summed E-state index contributed by atoms with van der Waals surface area (Å²) in [5, 5.41) is 10.8. The fraction of sp³-hybridized carbons (Fsp3) is 0.111. The molecule has 0 fully saturated rings. The lowest BCUT2D eigenvalue weighted by Gasteiger charge is -2.41. The maximum atomic E-state index is 7.31. The van der Waals surface area contributed by atoms with Crippen LogP contribution in [-0.2, 0) is 0 Å². The third kappa shape index (κ3) is 5.25. The minimum atomic E-state index is -1.68. The fourth-order valence-electron chi connectivity index (χ4n) is 7.39. The number of para-hydroxylation sites is 1. The van der Waals surface area contributed by atoms with Crippen LogP contribution < -0.4 is 20.6 Å². The molecule has 0 bridgehead atoms. The van der Waals surface area contributed by atoms with Crippen molar-refractivity contribution in [2.75, 3.05) is 4.67 Å². The van der Waals surface area contributed by atoms with Crippen molar-refractivity contribution in [1.29, 1.82) is 0 Å². The Balaban J connectivity index is 1.41. The van der Waals surface area contributed by atoms with Gasteiger partial charge in [-0.2, -0.15) is 0 Å². The molecule has 0 radical (unpaired) electrons. The summed E-state index contributed by atoms with van der Waals surface area (Å²) in [4.78, 5) is 0. The molecule has 0 saturated heterocycles. The van der Waals surface area contributed by atoms with E-state index in [-0.39, 0.29) is 11.5 Å². The number of benzene rings is 7. The molecule has 0 aliphatic carbocycles. The van der Waals surface area contributed by atoms with E-state index in [1.807, 2.05) is 0 Å². The van der Waals surface area contributed by atoms with Crippen LogP contribution in [0.2, 0.25) is 0 Å². The molecule has 50 heavy (non-hydrogen) atoms. The van der Waals surface area contributed by atoms with E-state index in [0.29, 0.717) is 0 Å². The Bertz CT molecular complexity index is 2470. The molecule has 0 spiro atoms. The summed E-state index contributed by atoms with van der Waals surface area (Å²) in [5.41, 5.74) is 3.94. The monoisotopic (exact) mass is 685 g/mol. The van der Waals surface area contributed by atoms with Crippen LogP contribution >= 0.6 is 16.1 Å². The Hall–Kier alpha value is -5.07. The lowest BCUT2D eigenvalue weighted by atomic mass is 9.84. The Kier molecular flexibility index (Phi) is 7.65. The molecule has 3 nitrogen and oxygen atoms in total. The molecule has 1 atom stereocenters.